The summed E-state index contributed by atoms with van der Waals surface area (Å²) in [5.74, 6) is -3.25. The van der Waals surface area contributed by atoms with Crippen molar-refractivity contribution >= 4 is 58.0 Å². The average molecular weight is 609 g/mol. The molecule has 13 heteroatoms. The van der Waals surface area contributed by atoms with E-state index < -0.39 is 52.5 Å². The van der Waals surface area contributed by atoms with Gasteiger partial charge in [0.05, 0.1) is 38.2 Å². The Bertz CT molecular complexity index is 1130. The summed E-state index contributed by atoms with van der Waals surface area (Å²) in [6.07, 6.45) is -8.27. The molecule has 1 amide bonds. The molecule has 2 unspecified atom stereocenters. The normalized spacial score (nSPS) is 15.2. The van der Waals surface area contributed by atoms with Crippen LogP contribution in [0, 0.1) is 0 Å². The predicted molar refractivity (Wildman–Crippen MR) is 136 cm³/mol. The van der Waals surface area contributed by atoms with Crippen LogP contribution in [-0.4, -0.2) is 33.7 Å². The molecular formula is C24H22Cl3F6NO2S. The summed E-state index contributed by atoms with van der Waals surface area (Å²) >= 11 is 16.2. The van der Waals surface area contributed by atoms with E-state index >= 15 is 0 Å². The summed E-state index contributed by atoms with van der Waals surface area (Å²) in [6, 6.07) is 3.81. The highest BCUT2D eigenvalue weighted by Crippen LogP contribution is 2.41. The second kappa shape index (κ2) is 12.5. The van der Waals surface area contributed by atoms with Crippen LogP contribution in [-0.2, 0) is 17.4 Å². The van der Waals surface area contributed by atoms with Crippen molar-refractivity contribution in [2.45, 2.75) is 50.3 Å². The third-order valence-corrected chi connectivity index (χ3v) is 8.19. The van der Waals surface area contributed by atoms with Gasteiger partial charge in [0, 0.05) is 0 Å². The molecule has 0 spiro atoms. The SMILES string of the molecule is CC(C)[S+]([O-])C[C@@H](C)NC(=O)c1ccc(/C=C/C(c2cc(Cl)c(Cl)c(Cl)c2)C(F)(F)F)cc1C(F)(F)F. The van der Waals surface area contributed by atoms with Crippen LogP contribution in [0.25, 0.3) is 6.08 Å². The summed E-state index contributed by atoms with van der Waals surface area (Å²) in [5.41, 5.74) is -2.62. The van der Waals surface area contributed by atoms with Gasteiger partial charge in [0.25, 0.3) is 5.91 Å². The lowest BCUT2D eigenvalue weighted by Crippen LogP contribution is -2.39. The van der Waals surface area contributed by atoms with Crippen LogP contribution in [0.3, 0.4) is 0 Å². The summed E-state index contributed by atoms with van der Waals surface area (Å²) in [7, 11) is 0. The van der Waals surface area contributed by atoms with Gasteiger partial charge in [-0.1, -0.05) is 53.0 Å². The molecule has 2 rings (SSSR count). The summed E-state index contributed by atoms with van der Waals surface area (Å²) in [5, 5.41) is 1.63. The van der Waals surface area contributed by atoms with Gasteiger partial charge in [-0.25, -0.2) is 0 Å². The Morgan fingerprint density at radius 3 is 2.08 bits per heavy atom. The number of nitrogens with one attached hydrogen (secondary N) is 1. The van der Waals surface area contributed by atoms with Crippen LogP contribution in [0.2, 0.25) is 15.1 Å². The molecule has 2 aromatic rings. The van der Waals surface area contributed by atoms with Crippen molar-refractivity contribution < 1.29 is 35.7 Å². The van der Waals surface area contributed by atoms with Gasteiger partial charge in [-0.05, 0) is 67.3 Å². The molecule has 0 saturated heterocycles. The number of allylic oxidation sites excluding steroid dienone is 1. The third kappa shape index (κ3) is 8.71. The molecule has 37 heavy (non-hydrogen) atoms. The Morgan fingerprint density at radius 2 is 1.59 bits per heavy atom. The van der Waals surface area contributed by atoms with Gasteiger partial charge in [0.15, 0.2) is 0 Å². The summed E-state index contributed by atoms with van der Waals surface area (Å²) < 4.78 is 94.5. The molecule has 0 fully saturated rings. The minimum absolute atomic E-state index is 0.0448. The number of halogens is 9. The first kappa shape index (κ1) is 31.6. The van der Waals surface area contributed by atoms with Crippen LogP contribution < -0.4 is 5.32 Å². The maximum atomic E-state index is 13.7. The fraction of sp³-hybridized carbons (Fsp3) is 0.375. The molecule has 0 aliphatic rings. The zero-order valence-electron chi connectivity index (χ0n) is 19.6. The zero-order valence-corrected chi connectivity index (χ0v) is 22.7. The summed E-state index contributed by atoms with van der Waals surface area (Å²) in [6.45, 7) is 4.92. The van der Waals surface area contributed by atoms with E-state index in [9.17, 15) is 35.7 Å². The Hall–Kier alpha value is -1.59. The quantitative estimate of drug-likeness (QED) is 0.186. The van der Waals surface area contributed by atoms with Crippen molar-refractivity contribution in [1.29, 1.82) is 0 Å². The fourth-order valence-corrected chi connectivity index (χ4v) is 4.83. The van der Waals surface area contributed by atoms with Crippen LogP contribution in [0.15, 0.2) is 36.4 Å². The largest absolute Gasteiger partial charge is 0.616 e. The highest BCUT2D eigenvalue weighted by molar-refractivity contribution is 7.92. The Labute approximate surface area is 228 Å². The number of amides is 1. The molecule has 2 aromatic carbocycles. The van der Waals surface area contributed by atoms with Gasteiger partial charge < -0.3 is 9.87 Å². The molecule has 3 nitrogen and oxygen atoms in total. The molecule has 204 valence electrons. The first-order chi connectivity index (χ1) is 16.9. The van der Waals surface area contributed by atoms with E-state index in [4.69, 9.17) is 34.8 Å². The molecule has 3 atom stereocenters. The van der Waals surface area contributed by atoms with Gasteiger partial charge >= 0.3 is 12.4 Å². The number of alkyl halides is 6. The van der Waals surface area contributed by atoms with Gasteiger partial charge in [-0.3, -0.25) is 4.79 Å². The van der Waals surface area contributed by atoms with Crippen molar-refractivity contribution in [3.8, 4) is 0 Å². The molecule has 0 bridgehead atoms. The maximum Gasteiger partial charge on any atom is 0.417 e. The lowest BCUT2D eigenvalue weighted by molar-refractivity contribution is -0.139. The van der Waals surface area contributed by atoms with Crippen molar-refractivity contribution in [3.63, 3.8) is 0 Å². The first-order valence-corrected chi connectivity index (χ1v) is 13.2. The number of hydrogen-bond acceptors (Lipinski definition) is 2. The Kier molecular flexibility index (Phi) is 10.7. The molecule has 0 aliphatic heterocycles. The van der Waals surface area contributed by atoms with Gasteiger partial charge in [-0.2, -0.15) is 26.3 Å². The lowest BCUT2D eigenvalue weighted by atomic mass is 9.96. The highest BCUT2D eigenvalue weighted by atomic mass is 35.5. The standard InChI is InChI=1S/C24H22Cl3F6NO2S/c1-12(2)37(36)11-13(3)34-22(35)16-6-4-14(8-18(16)24(31,32)33)5-7-17(23(28,29)30)15-9-19(25)21(27)20(26)10-15/h4-10,12-13,17H,11H2,1-3H3,(H,34,35)/b7-5+/t13-,17?,37?/m1/s1. The van der Waals surface area contributed by atoms with Crippen molar-refractivity contribution in [1.82, 2.24) is 5.32 Å². The number of carbonyl (C=O) groups is 1. The minimum atomic E-state index is -4.97. The fourth-order valence-electron chi connectivity index (χ4n) is 3.25. The molecule has 0 aromatic heterocycles. The van der Waals surface area contributed by atoms with E-state index in [0.717, 1.165) is 30.3 Å². The third-order valence-electron chi connectivity index (χ3n) is 5.11. The van der Waals surface area contributed by atoms with Crippen LogP contribution in [0.1, 0.15) is 53.7 Å². The van der Waals surface area contributed by atoms with Crippen molar-refractivity contribution in [2.75, 3.05) is 5.75 Å². The van der Waals surface area contributed by atoms with E-state index in [1.54, 1.807) is 13.8 Å². The molecule has 0 heterocycles. The number of benzene rings is 2. The molecule has 0 saturated carbocycles. The van der Waals surface area contributed by atoms with Gasteiger partial charge in [0.1, 0.15) is 11.0 Å². The average Bonchev–Trinajstić information content (AvgIpc) is 2.75. The molecule has 1 N–H and O–H groups in total. The van der Waals surface area contributed by atoms with E-state index in [1.807, 2.05) is 0 Å². The van der Waals surface area contributed by atoms with E-state index in [1.165, 1.54) is 6.92 Å². The number of hydrogen-bond donors (Lipinski definition) is 1. The Balaban J connectivity index is 2.40. The number of rotatable bonds is 8. The van der Waals surface area contributed by atoms with Gasteiger partial charge in [0.2, 0.25) is 0 Å². The maximum absolute atomic E-state index is 13.7. The monoisotopic (exact) mass is 607 g/mol. The van der Waals surface area contributed by atoms with Crippen molar-refractivity contribution in [3.05, 3.63) is 73.7 Å². The second-order valence-electron chi connectivity index (χ2n) is 8.45. The zero-order chi connectivity index (χ0) is 28.3. The van der Waals surface area contributed by atoms with Gasteiger partial charge in [-0.15, -0.1) is 0 Å². The van der Waals surface area contributed by atoms with Crippen molar-refractivity contribution in [2.24, 2.45) is 0 Å². The van der Waals surface area contributed by atoms with E-state index in [0.29, 0.717) is 12.1 Å². The minimum Gasteiger partial charge on any atom is -0.616 e. The smallest absolute Gasteiger partial charge is 0.417 e. The number of carbonyl (C=O) groups excluding carboxylic acids is 1. The predicted octanol–water partition coefficient (Wildman–Crippen LogP) is 8.30. The van der Waals surface area contributed by atoms with Crippen LogP contribution in [0.5, 0.6) is 0 Å². The molecule has 0 aliphatic carbocycles. The van der Waals surface area contributed by atoms with E-state index in [2.05, 4.69) is 5.32 Å². The molecular weight excluding hydrogens is 587 g/mol. The topological polar surface area (TPSA) is 52.2 Å². The first-order valence-electron chi connectivity index (χ1n) is 10.7. The summed E-state index contributed by atoms with van der Waals surface area (Å²) in [4.78, 5) is 12.5. The van der Waals surface area contributed by atoms with Crippen LogP contribution >= 0.6 is 34.8 Å². The van der Waals surface area contributed by atoms with Crippen LogP contribution in [0.4, 0.5) is 26.3 Å². The Morgan fingerprint density at radius 1 is 1.03 bits per heavy atom. The highest BCUT2D eigenvalue weighted by Gasteiger charge is 2.40. The molecule has 0 radical (unpaired) electrons. The van der Waals surface area contributed by atoms with E-state index in [-0.39, 0.29) is 37.2 Å². The second-order valence-corrected chi connectivity index (χ2v) is 11.7. The lowest BCUT2D eigenvalue weighted by Gasteiger charge is -2.21.